The summed E-state index contributed by atoms with van der Waals surface area (Å²) in [5, 5.41) is 18.2. The van der Waals surface area contributed by atoms with E-state index in [1.165, 1.54) is 12.1 Å². The average molecular weight is 390 g/mol. The molecule has 5 nitrogen and oxygen atoms in total. The van der Waals surface area contributed by atoms with Gasteiger partial charge in [-0.2, -0.15) is 23.5 Å². The van der Waals surface area contributed by atoms with Crippen molar-refractivity contribution in [1.82, 2.24) is 10.2 Å². The van der Waals surface area contributed by atoms with Gasteiger partial charge in [-0.25, -0.2) is 0 Å². The number of nitrogens with zero attached hydrogens (tertiary/aromatic N) is 4. The zero-order valence-electron chi connectivity index (χ0n) is 15.8. The first-order valence-electron chi connectivity index (χ1n) is 9.21. The third kappa shape index (κ3) is 3.94. The molecule has 148 valence electrons. The number of aryl methyl sites for hydroxylation is 1. The molecule has 1 fully saturated rings. The summed E-state index contributed by atoms with van der Waals surface area (Å²) in [7, 11) is 0. The fourth-order valence-electron chi connectivity index (χ4n) is 3.43. The molecule has 0 aliphatic carbocycles. The highest BCUT2D eigenvalue weighted by Crippen LogP contribution is 2.32. The smallest absolute Gasteiger partial charge is 0.370 e. The van der Waals surface area contributed by atoms with Gasteiger partial charge >= 0.3 is 6.18 Å². The van der Waals surface area contributed by atoms with E-state index in [2.05, 4.69) is 16.3 Å². The fraction of sp³-hybridized carbons (Fsp3) is 0.450. The third-order valence-corrected chi connectivity index (χ3v) is 4.92. The monoisotopic (exact) mass is 390 g/mol. The third-order valence-electron chi connectivity index (χ3n) is 4.92. The Kier molecular flexibility index (Phi) is 5.84. The summed E-state index contributed by atoms with van der Waals surface area (Å²) in [6.45, 7) is 5.26. The average Bonchev–Trinajstić information content (AvgIpc) is 2.72. The van der Waals surface area contributed by atoms with Gasteiger partial charge in [0.25, 0.3) is 0 Å². The molecule has 1 atom stereocenters. The first-order chi connectivity index (χ1) is 13.4. The number of halogens is 3. The van der Waals surface area contributed by atoms with Crippen LogP contribution in [0.4, 0.5) is 19.0 Å². The molecular formula is C20H21F3N4O. The standard InChI is InChI=1S/C20H21F3N4O/c1-3-15-16(11-24)19(26-25-17(15)4-2)27-9-10-28-18(12-27)13-5-7-14(8-6-13)20(21,22)23/h5-8,18H,3-4,9-10,12H2,1-2H3. The van der Waals surface area contributed by atoms with Gasteiger partial charge in [0, 0.05) is 13.1 Å². The second-order valence-corrected chi connectivity index (χ2v) is 6.57. The summed E-state index contributed by atoms with van der Waals surface area (Å²) in [6.07, 6.45) is -3.39. The van der Waals surface area contributed by atoms with Gasteiger partial charge in [0.2, 0.25) is 0 Å². The molecule has 3 rings (SSSR count). The van der Waals surface area contributed by atoms with E-state index < -0.39 is 17.8 Å². The minimum atomic E-state index is -4.37. The van der Waals surface area contributed by atoms with E-state index in [4.69, 9.17) is 4.74 Å². The molecule has 0 bridgehead atoms. The second-order valence-electron chi connectivity index (χ2n) is 6.57. The lowest BCUT2D eigenvalue weighted by Gasteiger charge is -2.34. The zero-order chi connectivity index (χ0) is 20.3. The first kappa shape index (κ1) is 20.1. The van der Waals surface area contributed by atoms with Crippen molar-refractivity contribution in [2.75, 3.05) is 24.6 Å². The summed E-state index contributed by atoms with van der Waals surface area (Å²) >= 11 is 0. The Labute approximate surface area is 161 Å². The Morgan fingerprint density at radius 3 is 2.46 bits per heavy atom. The van der Waals surface area contributed by atoms with Crippen LogP contribution in [0.25, 0.3) is 0 Å². The number of benzene rings is 1. The lowest BCUT2D eigenvalue weighted by Crippen LogP contribution is -2.39. The van der Waals surface area contributed by atoms with Crippen molar-refractivity contribution in [3.05, 3.63) is 52.2 Å². The molecule has 0 spiro atoms. The Hall–Kier alpha value is -2.66. The van der Waals surface area contributed by atoms with Crippen LogP contribution in [0.1, 0.15) is 47.9 Å². The summed E-state index contributed by atoms with van der Waals surface area (Å²) in [6, 6.07) is 7.25. The van der Waals surface area contributed by atoms with Crippen LogP contribution in [-0.2, 0) is 23.8 Å². The van der Waals surface area contributed by atoms with Gasteiger partial charge in [-0.15, -0.1) is 5.10 Å². The predicted octanol–water partition coefficient (Wildman–Crippen LogP) is 4.07. The maximum Gasteiger partial charge on any atom is 0.416 e. The van der Waals surface area contributed by atoms with Crippen LogP contribution < -0.4 is 4.90 Å². The molecule has 2 aromatic rings. The van der Waals surface area contributed by atoms with Gasteiger partial charge in [-0.3, -0.25) is 0 Å². The van der Waals surface area contributed by atoms with Crippen LogP contribution in [-0.4, -0.2) is 29.9 Å². The summed E-state index contributed by atoms with van der Waals surface area (Å²) in [5.41, 5.74) is 2.19. The quantitative estimate of drug-likeness (QED) is 0.788. The molecule has 0 N–H and O–H groups in total. The minimum Gasteiger partial charge on any atom is -0.370 e. The highest BCUT2D eigenvalue weighted by Gasteiger charge is 2.31. The van der Waals surface area contributed by atoms with Gasteiger partial charge in [-0.05, 0) is 36.1 Å². The van der Waals surface area contributed by atoms with E-state index in [-0.39, 0.29) is 0 Å². The lowest BCUT2D eigenvalue weighted by molar-refractivity contribution is -0.137. The largest absolute Gasteiger partial charge is 0.416 e. The maximum atomic E-state index is 12.8. The summed E-state index contributed by atoms with van der Waals surface area (Å²) in [4.78, 5) is 1.93. The van der Waals surface area contributed by atoms with E-state index >= 15 is 0 Å². The summed E-state index contributed by atoms with van der Waals surface area (Å²) < 4.78 is 44.1. The number of ether oxygens (including phenoxy) is 1. The Balaban J connectivity index is 1.87. The molecule has 2 heterocycles. The minimum absolute atomic E-state index is 0.384. The molecule has 28 heavy (non-hydrogen) atoms. The second kappa shape index (κ2) is 8.15. The van der Waals surface area contributed by atoms with E-state index in [9.17, 15) is 18.4 Å². The van der Waals surface area contributed by atoms with Crippen LogP contribution >= 0.6 is 0 Å². The highest BCUT2D eigenvalue weighted by molar-refractivity contribution is 5.58. The highest BCUT2D eigenvalue weighted by atomic mass is 19.4. The molecule has 1 aromatic heterocycles. The van der Waals surface area contributed by atoms with Crippen molar-refractivity contribution in [3.63, 3.8) is 0 Å². The maximum absolute atomic E-state index is 12.8. The molecule has 8 heteroatoms. The van der Waals surface area contributed by atoms with E-state index in [1.54, 1.807) is 0 Å². The van der Waals surface area contributed by atoms with Crippen LogP contribution in [0.2, 0.25) is 0 Å². The van der Waals surface area contributed by atoms with Crippen LogP contribution in [0, 0.1) is 11.3 Å². The number of morpholine rings is 1. The van der Waals surface area contributed by atoms with Crippen molar-refractivity contribution in [3.8, 4) is 6.07 Å². The Morgan fingerprint density at radius 1 is 1.18 bits per heavy atom. The van der Waals surface area contributed by atoms with E-state index in [0.717, 1.165) is 23.4 Å². The molecule has 1 aliphatic rings. The molecule has 0 saturated carbocycles. The lowest BCUT2D eigenvalue weighted by atomic mass is 10.0. The van der Waals surface area contributed by atoms with Crippen molar-refractivity contribution in [1.29, 1.82) is 5.26 Å². The molecule has 0 amide bonds. The fourth-order valence-corrected chi connectivity index (χ4v) is 3.43. The van der Waals surface area contributed by atoms with Crippen LogP contribution in [0.15, 0.2) is 24.3 Å². The zero-order valence-corrected chi connectivity index (χ0v) is 15.8. The normalized spacial score (nSPS) is 17.4. The number of hydrogen-bond donors (Lipinski definition) is 0. The topological polar surface area (TPSA) is 62.0 Å². The number of rotatable bonds is 4. The molecule has 0 radical (unpaired) electrons. The summed E-state index contributed by atoms with van der Waals surface area (Å²) in [5.74, 6) is 0.511. The number of anilines is 1. The van der Waals surface area contributed by atoms with Gasteiger partial charge in [0.15, 0.2) is 5.82 Å². The molecule has 1 unspecified atom stereocenters. The van der Waals surface area contributed by atoms with Gasteiger partial charge in [0.05, 0.1) is 17.9 Å². The molecular weight excluding hydrogens is 369 g/mol. The van der Waals surface area contributed by atoms with E-state index in [0.29, 0.717) is 49.5 Å². The van der Waals surface area contributed by atoms with Gasteiger partial charge < -0.3 is 9.64 Å². The SMILES string of the molecule is CCc1nnc(N2CCOC(c3ccc(C(F)(F)F)cc3)C2)c(C#N)c1CC. The predicted molar refractivity (Wildman–Crippen MR) is 97.9 cm³/mol. The van der Waals surface area contributed by atoms with Crippen LogP contribution in [0.5, 0.6) is 0 Å². The molecule has 1 aliphatic heterocycles. The van der Waals surface area contributed by atoms with Gasteiger partial charge in [0.1, 0.15) is 17.7 Å². The van der Waals surface area contributed by atoms with Crippen molar-refractivity contribution in [2.24, 2.45) is 0 Å². The number of nitriles is 1. The van der Waals surface area contributed by atoms with Crippen molar-refractivity contribution >= 4 is 5.82 Å². The number of hydrogen-bond acceptors (Lipinski definition) is 5. The molecule has 1 saturated heterocycles. The number of alkyl halides is 3. The Morgan fingerprint density at radius 2 is 1.89 bits per heavy atom. The number of aromatic nitrogens is 2. The van der Waals surface area contributed by atoms with Crippen molar-refractivity contribution < 1.29 is 17.9 Å². The first-order valence-corrected chi connectivity index (χ1v) is 9.21. The van der Waals surface area contributed by atoms with Crippen molar-refractivity contribution in [2.45, 2.75) is 39.0 Å². The Bertz CT molecular complexity index is 875. The van der Waals surface area contributed by atoms with Gasteiger partial charge in [-0.1, -0.05) is 26.0 Å². The van der Waals surface area contributed by atoms with Crippen LogP contribution in [0.3, 0.4) is 0 Å². The van der Waals surface area contributed by atoms with E-state index in [1.807, 2.05) is 18.7 Å². The molecule has 1 aromatic carbocycles.